The number of amides is 2. The molecular formula is C8H6N2O4. The summed E-state index contributed by atoms with van der Waals surface area (Å²) in [5.74, 6) is -0.311. The molecule has 0 atom stereocenters. The lowest BCUT2D eigenvalue weighted by molar-refractivity contribution is -0.120. The topological polar surface area (TPSA) is 79.7 Å². The van der Waals surface area contributed by atoms with E-state index in [4.69, 9.17) is 9.84 Å². The molecule has 0 unspecified atom stereocenters. The van der Waals surface area contributed by atoms with Gasteiger partial charge in [0, 0.05) is 6.20 Å². The van der Waals surface area contributed by atoms with E-state index in [0.717, 1.165) is 0 Å². The molecule has 2 rings (SSSR count). The molecule has 6 heteroatoms. The van der Waals surface area contributed by atoms with Gasteiger partial charge in [-0.3, -0.25) is 4.79 Å². The van der Waals surface area contributed by atoms with E-state index in [9.17, 15) is 9.59 Å². The first-order valence-electron chi connectivity index (χ1n) is 3.84. The Hall–Kier alpha value is -2.11. The van der Waals surface area contributed by atoms with E-state index in [2.05, 4.69) is 4.98 Å². The number of pyridine rings is 1. The average molecular weight is 194 g/mol. The molecule has 6 nitrogen and oxygen atoms in total. The summed E-state index contributed by atoms with van der Waals surface area (Å²) < 4.78 is 5.00. The number of rotatable bonds is 0. The SMILES string of the molecule is O=C(O)N1C(=O)COc2cccnc21. The molecule has 0 bridgehead atoms. The van der Waals surface area contributed by atoms with Crippen molar-refractivity contribution in [1.29, 1.82) is 0 Å². The molecule has 0 spiro atoms. The minimum atomic E-state index is -1.35. The Bertz CT molecular complexity index is 404. The van der Waals surface area contributed by atoms with E-state index in [1.165, 1.54) is 6.20 Å². The molecular weight excluding hydrogens is 188 g/mol. The summed E-state index contributed by atoms with van der Waals surface area (Å²) in [5, 5.41) is 8.76. The second kappa shape index (κ2) is 2.99. The van der Waals surface area contributed by atoms with Crippen molar-refractivity contribution >= 4 is 17.8 Å². The van der Waals surface area contributed by atoms with Crippen LogP contribution < -0.4 is 9.64 Å². The van der Waals surface area contributed by atoms with Gasteiger partial charge in [-0.2, -0.15) is 4.90 Å². The molecule has 0 aromatic carbocycles. The molecule has 1 aromatic rings. The van der Waals surface area contributed by atoms with Crippen molar-refractivity contribution < 1.29 is 19.4 Å². The Labute approximate surface area is 78.7 Å². The van der Waals surface area contributed by atoms with Gasteiger partial charge in [0.25, 0.3) is 5.91 Å². The summed E-state index contributed by atoms with van der Waals surface area (Å²) in [4.78, 5) is 26.3. The number of carbonyl (C=O) groups is 2. The fraction of sp³-hybridized carbons (Fsp3) is 0.125. The standard InChI is InChI=1S/C8H6N2O4/c11-6-4-14-5-2-1-3-9-7(5)10(6)8(12)13/h1-3H,4H2,(H,12,13). The number of nitrogens with zero attached hydrogens (tertiary/aromatic N) is 2. The highest BCUT2D eigenvalue weighted by atomic mass is 16.5. The minimum Gasteiger partial charge on any atom is -0.480 e. The Morgan fingerprint density at radius 1 is 1.64 bits per heavy atom. The lowest BCUT2D eigenvalue weighted by Gasteiger charge is -2.23. The number of ether oxygens (including phenoxy) is 1. The summed E-state index contributed by atoms with van der Waals surface area (Å²) in [7, 11) is 0. The van der Waals surface area contributed by atoms with Gasteiger partial charge in [-0.25, -0.2) is 9.78 Å². The number of hydrogen-bond donors (Lipinski definition) is 1. The first kappa shape index (κ1) is 8.49. The van der Waals surface area contributed by atoms with Gasteiger partial charge in [0.2, 0.25) is 0 Å². The first-order valence-corrected chi connectivity index (χ1v) is 3.84. The zero-order valence-corrected chi connectivity index (χ0v) is 7.01. The zero-order valence-electron chi connectivity index (χ0n) is 7.01. The van der Waals surface area contributed by atoms with Crippen LogP contribution >= 0.6 is 0 Å². The fourth-order valence-corrected chi connectivity index (χ4v) is 1.18. The first-order chi connectivity index (χ1) is 6.70. The normalized spacial score (nSPS) is 14.6. The number of aromatic nitrogens is 1. The van der Waals surface area contributed by atoms with Crippen molar-refractivity contribution in [3.8, 4) is 5.75 Å². The van der Waals surface area contributed by atoms with Crippen LogP contribution in [0, 0.1) is 0 Å². The van der Waals surface area contributed by atoms with Gasteiger partial charge >= 0.3 is 6.09 Å². The van der Waals surface area contributed by atoms with E-state index in [0.29, 0.717) is 10.6 Å². The van der Waals surface area contributed by atoms with E-state index in [1.807, 2.05) is 0 Å². The molecule has 1 aliphatic rings. The molecule has 2 amide bonds. The highest BCUT2D eigenvalue weighted by Gasteiger charge is 2.31. The van der Waals surface area contributed by atoms with Gasteiger partial charge in [0.15, 0.2) is 18.2 Å². The van der Waals surface area contributed by atoms with Crippen molar-refractivity contribution in [2.45, 2.75) is 0 Å². The molecule has 0 aliphatic carbocycles. The Balaban J connectivity index is 2.51. The smallest absolute Gasteiger partial charge is 0.420 e. The largest absolute Gasteiger partial charge is 0.480 e. The van der Waals surface area contributed by atoms with Gasteiger partial charge in [-0.05, 0) is 12.1 Å². The van der Waals surface area contributed by atoms with Crippen molar-refractivity contribution in [1.82, 2.24) is 4.98 Å². The number of fused-ring (bicyclic) bond motifs is 1. The second-order valence-electron chi connectivity index (χ2n) is 2.63. The van der Waals surface area contributed by atoms with Crippen LogP contribution in [-0.2, 0) is 4.79 Å². The van der Waals surface area contributed by atoms with Crippen molar-refractivity contribution in [3.63, 3.8) is 0 Å². The predicted molar refractivity (Wildman–Crippen MR) is 45.2 cm³/mol. The number of carbonyl (C=O) groups excluding carboxylic acids is 1. The molecule has 2 heterocycles. The lowest BCUT2D eigenvalue weighted by atomic mass is 10.3. The van der Waals surface area contributed by atoms with E-state index < -0.39 is 12.0 Å². The third-order valence-corrected chi connectivity index (χ3v) is 1.75. The van der Waals surface area contributed by atoms with Crippen LogP contribution in [0.5, 0.6) is 5.75 Å². The van der Waals surface area contributed by atoms with Crippen LogP contribution in [-0.4, -0.2) is 28.7 Å². The van der Waals surface area contributed by atoms with Crippen LogP contribution in [0.15, 0.2) is 18.3 Å². The minimum absolute atomic E-state index is 0.0243. The molecule has 0 saturated carbocycles. The third kappa shape index (κ3) is 1.17. The number of hydrogen-bond acceptors (Lipinski definition) is 4. The third-order valence-electron chi connectivity index (χ3n) is 1.75. The molecule has 0 saturated heterocycles. The van der Waals surface area contributed by atoms with E-state index >= 15 is 0 Å². The van der Waals surface area contributed by atoms with Crippen LogP contribution in [0.4, 0.5) is 10.6 Å². The predicted octanol–water partition coefficient (Wildman–Crippen LogP) is 0.485. The maximum absolute atomic E-state index is 11.2. The Kier molecular flexibility index (Phi) is 1.81. The van der Waals surface area contributed by atoms with Crippen molar-refractivity contribution in [2.75, 3.05) is 11.5 Å². The molecule has 1 N–H and O–H groups in total. The zero-order chi connectivity index (χ0) is 10.1. The highest BCUT2D eigenvalue weighted by Crippen LogP contribution is 2.28. The number of anilines is 1. The maximum atomic E-state index is 11.2. The van der Waals surface area contributed by atoms with Gasteiger partial charge in [0.05, 0.1) is 0 Å². The summed E-state index contributed by atoms with van der Waals surface area (Å²) in [5.41, 5.74) is 0. The highest BCUT2D eigenvalue weighted by molar-refractivity contribution is 6.13. The van der Waals surface area contributed by atoms with Crippen LogP contribution in [0.25, 0.3) is 0 Å². The molecule has 14 heavy (non-hydrogen) atoms. The van der Waals surface area contributed by atoms with Crippen molar-refractivity contribution in [2.24, 2.45) is 0 Å². The van der Waals surface area contributed by atoms with Gasteiger partial charge < -0.3 is 9.84 Å². The summed E-state index contributed by atoms with van der Waals surface area (Å²) in [6.07, 6.45) is 0.0507. The molecule has 0 fully saturated rings. The lowest BCUT2D eigenvalue weighted by Crippen LogP contribution is -2.42. The fourth-order valence-electron chi connectivity index (χ4n) is 1.18. The van der Waals surface area contributed by atoms with E-state index in [1.54, 1.807) is 12.1 Å². The quantitative estimate of drug-likeness (QED) is 0.649. The Morgan fingerprint density at radius 3 is 3.14 bits per heavy atom. The summed E-state index contributed by atoms with van der Waals surface area (Å²) in [6.45, 7) is -0.273. The van der Waals surface area contributed by atoms with Gasteiger partial charge in [-0.1, -0.05) is 0 Å². The van der Waals surface area contributed by atoms with Gasteiger partial charge in [0.1, 0.15) is 0 Å². The average Bonchev–Trinajstić information content (AvgIpc) is 2.17. The second-order valence-corrected chi connectivity index (χ2v) is 2.63. The number of carboxylic acid groups (broad SMARTS) is 1. The molecule has 72 valence electrons. The van der Waals surface area contributed by atoms with Crippen molar-refractivity contribution in [3.05, 3.63) is 18.3 Å². The molecule has 1 aliphatic heterocycles. The van der Waals surface area contributed by atoms with Gasteiger partial charge in [-0.15, -0.1) is 0 Å². The summed E-state index contributed by atoms with van der Waals surface area (Å²) in [6, 6.07) is 3.17. The van der Waals surface area contributed by atoms with Crippen LogP contribution in [0.1, 0.15) is 0 Å². The Morgan fingerprint density at radius 2 is 2.43 bits per heavy atom. The number of imide groups is 1. The maximum Gasteiger partial charge on any atom is 0.420 e. The summed E-state index contributed by atoms with van der Waals surface area (Å²) >= 11 is 0. The monoisotopic (exact) mass is 194 g/mol. The van der Waals surface area contributed by atoms with E-state index in [-0.39, 0.29) is 12.4 Å². The molecule has 0 radical (unpaired) electrons. The van der Waals surface area contributed by atoms with Crippen LogP contribution in [0.3, 0.4) is 0 Å². The molecule has 1 aromatic heterocycles. The van der Waals surface area contributed by atoms with Crippen LogP contribution in [0.2, 0.25) is 0 Å².